The fourth-order valence-electron chi connectivity index (χ4n) is 7.19. The fraction of sp³-hybridized carbons (Fsp3) is 0.682. The Morgan fingerprint density at radius 2 is 1.67 bits per heavy atom. The summed E-state index contributed by atoms with van der Waals surface area (Å²) in [6.07, 6.45) is 11.3. The molecule has 2 nitrogen and oxygen atoms in total. The van der Waals surface area contributed by atoms with E-state index < -0.39 is 0 Å². The Morgan fingerprint density at radius 1 is 1.00 bits per heavy atom. The maximum atomic E-state index is 12.9. The van der Waals surface area contributed by atoms with Gasteiger partial charge in [0.2, 0.25) is 5.91 Å². The molecule has 128 valence electrons. The Kier molecular flexibility index (Phi) is 3.34. The van der Waals surface area contributed by atoms with E-state index in [4.69, 9.17) is 0 Å². The molecule has 0 N–H and O–H groups in total. The van der Waals surface area contributed by atoms with Crippen LogP contribution >= 0.6 is 0 Å². The van der Waals surface area contributed by atoms with Crippen LogP contribution in [0.5, 0.6) is 0 Å². The summed E-state index contributed by atoms with van der Waals surface area (Å²) in [6, 6.07) is 11.2. The van der Waals surface area contributed by atoms with Crippen molar-refractivity contribution >= 4 is 5.91 Å². The molecule has 1 aromatic carbocycles. The number of carbonyl (C=O) groups excluding carboxylic acids is 1. The zero-order valence-electron chi connectivity index (χ0n) is 14.7. The second kappa shape index (κ2) is 5.34. The van der Waals surface area contributed by atoms with Crippen LogP contribution in [0.4, 0.5) is 0 Å². The Labute approximate surface area is 145 Å². The molecule has 2 atom stereocenters. The van der Waals surface area contributed by atoms with E-state index in [0.29, 0.717) is 16.7 Å². The second-order valence-corrected chi connectivity index (χ2v) is 9.37. The van der Waals surface area contributed by atoms with Crippen LogP contribution in [0.25, 0.3) is 0 Å². The molecule has 2 heteroatoms. The largest absolute Gasteiger partial charge is 0.343 e. The molecule has 1 heterocycles. The summed E-state index contributed by atoms with van der Waals surface area (Å²) in [6.45, 7) is 2.01. The average molecular weight is 323 g/mol. The fourth-order valence-corrected chi connectivity index (χ4v) is 7.19. The molecule has 6 rings (SSSR count). The smallest absolute Gasteiger partial charge is 0.223 e. The van der Waals surface area contributed by atoms with Gasteiger partial charge in [-0.3, -0.25) is 4.79 Å². The number of carbonyl (C=O) groups is 1. The number of amides is 1. The lowest BCUT2D eigenvalue weighted by Crippen LogP contribution is -2.55. The second-order valence-electron chi connectivity index (χ2n) is 9.37. The minimum Gasteiger partial charge on any atom is -0.343 e. The molecule has 24 heavy (non-hydrogen) atoms. The van der Waals surface area contributed by atoms with Crippen molar-refractivity contribution < 1.29 is 4.79 Å². The summed E-state index contributed by atoms with van der Waals surface area (Å²) in [7, 11) is 0. The first-order chi connectivity index (χ1) is 11.7. The molecule has 5 aliphatic rings. The first-order valence-electron chi connectivity index (χ1n) is 10.00. The Hall–Kier alpha value is -1.31. The van der Waals surface area contributed by atoms with Crippen molar-refractivity contribution in [3.63, 3.8) is 0 Å². The van der Waals surface area contributed by atoms with E-state index >= 15 is 0 Å². The van der Waals surface area contributed by atoms with Crippen LogP contribution in [0.15, 0.2) is 30.3 Å². The molecule has 2 unspecified atom stereocenters. The predicted molar refractivity (Wildman–Crippen MR) is 95.7 cm³/mol. The van der Waals surface area contributed by atoms with Crippen molar-refractivity contribution in [2.24, 2.45) is 17.3 Å². The monoisotopic (exact) mass is 323 g/mol. The molecule has 1 amide bonds. The molecule has 1 saturated heterocycles. The van der Waals surface area contributed by atoms with E-state index in [9.17, 15) is 4.79 Å². The maximum Gasteiger partial charge on any atom is 0.223 e. The Morgan fingerprint density at radius 3 is 2.33 bits per heavy atom. The van der Waals surface area contributed by atoms with Crippen molar-refractivity contribution in [1.82, 2.24) is 4.90 Å². The van der Waals surface area contributed by atoms with Gasteiger partial charge in [-0.05, 0) is 79.6 Å². The van der Waals surface area contributed by atoms with Crippen LogP contribution in [0.3, 0.4) is 0 Å². The number of hydrogen-bond acceptors (Lipinski definition) is 1. The van der Waals surface area contributed by atoms with Gasteiger partial charge in [-0.25, -0.2) is 0 Å². The summed E-state index contributed by atoms with van der Waals surface area (Å²) >= 11 is 0. The van der Waals surface area contributed by atoms with Crippen molar-refractivity contribution in [2.45, 2.75) is 63.2 Å². The molecule has 0 radical (unpaired) electrons. The van der Waals surface area contributed by atoms with Gasteiger partial charge in [0.15, 0.2) is 0 Å². The van der Waals surface area contributed by atoms with Crippen LogP contribution < -0.4 is 0 Å². The van der Waals surface area contributed by atoms with E-state index in [1.807, 2.05) is 0 Å². The molecule has 5 fully saturated rings. The number of nitrogens with zero attached hydrogens (tertiary/aromatic N) is 1. The Bertz CT molecular complexity index is 617. The van der Waals surface area contributed by atoms with E-state index in [0.717, 1.165) is 31.3 Å². The van der Waals surface area contributed by atoms with Crippen molar-refractivity contribution in [3.05, 3.63) is 35.9 Å². The van der Waals surface area contributed by atoms with E-state index in [2.05, 4.69) is 35.2 Å². The number of hydrogen-bond donors (Lipinski definition) is 0. The minimum atomic E-state index is 0.305. The van der Waals surface area contributed by atoms with Crippen molar-refractivity contribution in [2.75, 3.05) is 13.1 Å². The first-order valence-corrected chi connectivity index (χ1v) is 10.00. The van der Waals surface area contributed by atoms with Crippen LogP contribution in [0.1, 0.15) is 63.4 Å². The summed E-state index contributed by atoms with van der Waals surface area (Å²) in [5.74, 6) is 2.17. The summed E-state index contributed by atoms with van der Waals surface area (Å²) in [4.78, 5) is 15.0. The zero-order chi connectivity index (χ0) is 16.2. The molecule has 1 aliphatic heterocycles. The van der Waals surface area contributed by atoms with Gasteiger partial charge in [-0.2, -0.15) is 0 Å². The van der Waals surface area contributed by atoms with Crippen molar-refractivity contribution in [3.8, 4) is 0 Å². The quantitative estimate of drug-likeness (QED) is 0.800. The third kappa shape index (κ3) is 2.33. The molecule has 1 aromatic rings. The Balaban J connectivity index is 1.44. The maximum absolute atomic E-state index is 12.9. The van der Waals surface area contributed by atoms with Crippen LogP contribution in [-0.4, -0.2) is 23.9 Å². The number of rotatable bonds is 3. The highest BCUT2D eigenvalue weighted by atomic mass is 16.2. The van der Waals surface area contributed by atoms with Gasteiger partial charge in [-0.15, -0.1) is 0 Å². The third-order valence-electron chi connectivity index (χ3n) is 7.55. The van der Waals surface area contributed by atoms with Gasteiger partial charge >= 0.3 is 0 Å². The SMILES string of the molecule is O=C(CC12CC3CC(C1)CC(c1ccccc1)(C3)C2)N1CCCC1. The van der Waals surface area contributed by atoms with Gasteiger partial charge in [-0.1, -0.05) is 30.3 Å². The highest BCUT2D eigenvalue weighted by Crippen LogP contribution is 2.66. The number of benzene rings is 1. The molecule has 0 aromatic heterocycles. The third-order valence-corrected chi connectivity index (χ3v) is 7.55. The van der Waals surface area contributed by atoms with E-state index in [1.54, 1.807) is 5.56 Å². The van der Waals surface area contributed by atoms with Crippen LogP contribution in [0.2, 0.25) is 0 Å². The van der Waals surface area contributed by atoms with Gasteiger partial charge in [0.25, 0.3) is 0 Å². The van der Waals surface area contributed by atoms with Crippen molar-refractivity contribution in [1.29, 1.82) is 0 Å². The predicted octanol–water partition coefficient (Wildman–Crippen LogP) is 4.54. The van der Waals surface area contributed by atoms with Gasteiger partial charge in [0.05, 0.1) is 0 Å². The topological polar surface area (TPSA) is 20.3 Å². The molecular formula is C22H29NO. The van der Waals surface area contributed by atoms with Gasteiger partial charge in [0, 0.05) is 19.5 Å². The summed E-state index contributed by atoms with van der Waals surface area (Å²) in [5, 5.41) is 0. The highest BCUT2D eigenvalue weighted by Gasteiger charge is 2.58. The standard InChI is InChI=1S/C22H29NO/c24-20(23-8-4-5-9-23)15-21-11-17-10-18(12-21)14-22(13-17,16-21)19-6-2-1-3-7-19/h1-3,6-7,17-18H,4-5,8-16H2. The molecule has 4 bridgehead atoms. The lowest BCUT2D eigenvalue weighted by molar-refractivity contribution is -0.140. The normalized spacial score (nSPS) is 40.2. The molecular weight excluding hydrogens is 294 g/mol. The number of likely N-dealkylation sites (tertiary alicyclic amines) is 1. The zero-order valence-corrected chi connectivity index (χ0v) is 14.7. The van der Waals surface area contributed by atoms with E-state index in [1.165, 1.54) is 51.4 Å². The minimum absolute atomic E-state index is 0.305. The molecule has 4 saturated carbocycles. The molecule has 4 aliphatic carbocycles. The summed E-state index contributed by atoms with van der Waals surface area (Å²) < 4.78 is 0. The summed E-state index contributed by atoms with van der Waals surface area (Å²) in [5.41, 5.74) is 2.23. The first kappa shape index (κ1) is 15.0. The lowest BCUT2D eigenvalue weighted by Gasteiger charge is -2.62. The van der Waals surface area contributed by atoms with Crippen LogP contribution in [-0.2, 0) is 10.2 Å². The van der Waals surface area contributed by atoms with Crippen LogP contribution in [0, 0.1) is 17.3 Å². The van der Waals surface area contributed by atoms with E-state index in [-0.39, 0.29) is 0 Å². The van der Waals surface area contributed by atoms with Gasteiger partial charge in [0.1, 0.15) is 0 Å². The van der Waals surface area contributed by atoms with Gasteiger partial charge < -0.3 is 4.90 Å². The average Bonchev–Trinajstić information content (AvgIpc) is 3.09. The highest BCUT2D eigenvalue weighted by molar-refractivity contribution is 5.77. The lowest BCUT2D eigenvalue weighted by atomic mass is 9.42. The molecule has 0 spiro atoms.